The van der Waals surface area contributed by atoms with Gasteiger partial charge in [-0.3, -0.25) is 4.68 Å². The lowest BCUT2D eigenvalue weighted by molar-refractivity contribution is 0.295. The SMILES string of the molecule is CCc1nn(C)c(COc2ccc(C(C)=NO)cc2)c1Cl. The highest BCUT2D eigenvalue weighted by molar-refractivity contribution is 6.31. The summed E-state index contributed by atoms with van der Waals surface area (Å²) in [6.07, 6.45) is 0.793. The van der Waals surface area contributed by atoms with E-state index in [1.54, 1.807) is 11.6 Å². The van der Waals surface area contributed by atoms with Gasteiger partial charge in [0, 0.05) is 7.05 Å². The van der Waals surface area contributed by atoms with Crippen LogP contribution >= 0.6 is 11.6 Å². The number of aromatic nitrogens is 2. The predicted octanol–water partition coefficient (Wildman–Crippen LogP) is 3.41. The number of oxime groups is 1. The van der Waals surface area contributed by atoms with Crippen molar-refractivity contribution in [3.63, 3.8) is 0 Å². The topological polar surface area (TPSA) is 59.6 Å². The molecule has 2 rings (SSSR count). The van der Waals surface area contributed by atoms with Crippen molar-refractivity contribution >= 4 is 17.3 Å². The third-order valence-electron chi connectivity index (χ3n) is 3.30. The molecule has 6 heteroatoms. The zero-order valence-corrected chi connectivity index (χ0v) is 13.1. The van der Waals surface area contributed by atoms with Crippen LogP contribution in [0.15, 0.2) is 29.4 Å². The summed E-state index contributed by atoms with van der Waals surface area (Å²) in [5.41, 5.74) is 3.13. The standard InChI is InChI=1S/C15H18ClN3O2/c1-4-13-15(16)14(19(3)17-13)9-21-12-7-5-11(6-8-12)10(2)18-20/h5-8,20H,4,9H2,1-3H3. The van der Waals surface area contributed by atoms with Crippen molar-refractivity contribution in [1.82, 2.24) is 9.78 Å². The van der Waals surface area contributed by atoms with Gasteiger partial charge < -0.3 is 9.94 Å². The van der Waals surface area contributed by atoms with E-state index in [-0.39, 0.29) is 0 Å². The Bertz CT molecular complexity index is 648. The summed E-state index contributed by atoms with van der Waals surface area (Å²) in [6.45, 7) is 4.11. The second-order valence-electron chi connectivity index (χ2n) is 4.68. The zero-order valence-electron chi connectivity index (χ0n) is 12.3. The summed E-state index contributed by atoms with van der Waals surface area (Å²) in [7, 11) is 1.86. The van der Waals surface area contributed by atoms with Gasteiger partial charge in [0.15, 0.2) is 0 Å². The lowest BCUT2D eigenvalue weighted by atomic mass is 10.1. The Kier molecular flexibility index (Phi) is 4.85. The Morgan fingerprint density at radius 3 is 2.57 bits per heavy atom. The number of rotatable bonds is 5. The van der Waals surface area contributed by atoms with Gasteiger partial charge in [-0.15, -0.1) is 0 Å². The second kappa shape index (κ2) is 6.63. The molecule has 2 aromatic rings. The van der Waals surface area contributed by atoms with Crippen LogP contribution in [0, 0.1) is 0 Å². The van der Waals surface area contributed by atoms with Crippen LogP contribution in [0.3, 0.4) is 0 Å². The monoisotopic (exact) mass is 307 g/mol. The van der Waals surface area contributed by atoms with E-state index in [1.165, 1.54) is 0 Å². The van der Waals surface area contributed by atoms with E-state index >= 15 is 0 Å². The first-order chi connectivity index (χ1) is 10.1. The van der Waals surface area contributed by atoms with Gasteiger partial charge in [0.05, 0.1) is 22.1 Å². The number of aryl methyl sites for hydroxylation is 2. The third kappa shape index (κ3) is 3.36. The fourth-order valence-electron chi connectivity index (χ4n) is 1.98. The van der Waals surface area contributed by atoms with E-state index in [2.05, 4.69) is 10.3 Å². The normalized spacial score (nSPS) is 11.7. The van der Waals surface area contributed by atoms with Crippen molar-refractivity contribution in [2.75, 3.05) is 0 Å². The molecule has 0 aliphatic heterocycles. The zero-order chi connectivity index (χ0) is 15.4. The Morgan fingerprint density at radius 2 is 2.05 bits per heavy atom. The summed E-state index contributed by atoms with van der Waals surface area (Å²) < 4.78 is 7.48. The van der Waals surface area contributed by atoms with Crippen molar-refractivity contribution in [2.24, 2.45) is 12.2 Å². The van der Waals surface area contributed by atoms with Crippen LogP contribution in [0.4, 0.5) is 0 Å². The lowest BCUT2D eigenvalue weighted by Gasteiger charge is -2.07. The van der Waals surface area contributed by atoms with Gasteiger partial charge in [-0.05, 0) is 43.2 Å². The molecule has 1 aromatic carbocycles. The van der Waals surface area contributed by atoms with Gasteiger partial charge in [0.2, 0.25) is 0 Å². The summed E-state index contributed by atoms with van der Waals surface area (Å²) in [4.78, 5) is 0. The number of ether oxygens (including phenoxy) is 1. The van der Waals surface area contributed by atoms with Gasteiger partial charge in [-0.1, -0.05) is 23.7 Å². The molecule has 0 aliphatic carbocycles. The molecule has 112 valence electrons. The minimum atomic E-state index is 0.356. The molecule has 0 aliphatic rings. The number of benzene rings is 1. The first kappa shape index (κ1) is 15.4. The van der Waals surface area contributed by atoms with Crippen LogP contribution < -0.4 is 4.74 Å². The van der Waals surface area contributed by atoms with E-state index in [0.29, 0.717) is 17.3 Å². The van der Waals surface area contributed by atoms with Gasteiger partial charge >= 0.3 is 0 Å². The predicted molar refractivity (Wildman–Crippen MR) is 82.4 cm³/mol. The first-order valence-corrected chi connectivity index (χ1v) is 7.06. The molecule has 0 unspecified atom stereocenters. The lowest BCUT2D eigenvalue weighted by Crippen LogP contribution is -2.04. The second-order valence-corrected chi connectivity index (χ2v) is 5.06. The Morgan fingerprint density at radius 1 is 1.38 bits per heavy atom. The van der Waals surface area contributed by atoms with Crippen molar-refractivity contribution < 1.29 is 9.94 Å². The molecule has 0 radical (unpaired) electrons. The van der Waals surface area contributed by atoms with Crippen molar-refractivity contribution in [3.05, 3.63) is 46.2 Å². The van der Waals surface area contributed by atoms with Gasteiger partial charge in [-0.25, -0.2) is 0 Å². The average molecular weight is 308 g/mol. The molecular weight excluding hydrogens is 290 g/mol. The minimum absolute atomic E-state index is 0.356. The molecule has 0 saturated carbocycles. The summed E-state index contributed by atoms with van der Waals surface area (Å²) >= 11 is 6.27. The quantitative estimate of drug-likeness (QED) is 0.523. The van der Waals surface area contributed by atoms with E-state index in [0.717, 1.165) is 29.1 Å². The highest BCUT2D eigenvalue weighted by atomic mass is 35.5. The van der Waals surface area contributed by atoms with E-state index < -0.39 is 0 Å². The first-order valence-electron chi connectivity index (χ1n) is 6.69. The fraction of sp³-hybridized carbons (Fsp3) is 0.333. The highest BCUT2D eigenvalue weighted by Crippen LogP contribution is 2.22. The van der Waals surface area contributed by atoms with Crippen LogP contribution in [0.1, 0.15) is 30.8 Å². The van der Waals surface area contributed by atoms with Gasteiger partial charge in [0.1, 0.15) is 12.4 Å². The molecule has 0 atom stereocenters. The van der Waals surface area contributed by atoms with Crippen molar-refractivity contribution in [3.8, 4) is 5.75 Å². The molecular formula is C15H18ClN3O2. The molecule has 0 spiro atoms. The molecule has 1 aromatic heterocycles. The Hall–Kier alpha value is -2.01. The van der Waals surface area contributed by atoms with E-state index in [9.17, 15) is 0 Å². The molecule has 0 saturated heterocycles. The molecule has 21 heavy (non-hydrogen) atoms. The largest absolute Gasteiger partial charge is 0.487 e. The van der Waals surface area contributed by atoms with Crippen LogP contribution in [-0.2, 0) is 20.1 Å². The highest BCUT2D eigenvalue weighted by Gasteiger charge is 2.13. The number of hydrogen-bond donors (Lipinski definition) is 1. The van der Waals surface area contributed by atoms with Crippen LogP contribution in [0.25, 0.3) is 0 Å². The molecule has 0 amide bonds. The Labute approximate surface area is 128 Å². The van der Waals surface area contributed by atoms with E-state index in [1.807, 2.05) is 38.2 Å². The summed E-state index contributed by atoms with van der Waals surface area (Å²) in [6, 6.07) is 7.34. The maximum atomic E-state index is 8.73. The number of nitrogens with zero attached hydrogens (tertiary/aromatic N) is 3. The molecule has 5 nitrogen and oxygen atoms in total. The molecule has 0 bridgehead atoms. The van der Waals surface area contributed by atoms with Crippen LogP contribution in [-0.4, -0.2) is 20.7 Å². The summed E-state index contributed by atoms with van der Waals surface area (Å²) in [5.74, 6) is 0.722. The fourth-order valence-corrected chi connectivity index (χ4v) is 2.33. The maximum absolute atomic E-state index is 8.73. The summed E-state index contributed by atoms with van der Waals surface area (Å²) in [5, 5.41) is 16.9. The Balaban J connectivity index is 2.08. The number of halogens is 1. The maximum Gasteiger partial charge on any atom is 0.131 e. The molecule has 1 N–H and O–H groups in total. The van der Waals surface area contributed by atoms with Crippen molar-refractivity contribution in [2.45, 2.75) is 26.9 Å². The van der Waals surface area contributed by atoms with Gasteiger partial charge in [0.25, 0.3) is 0 Å². The van der Waals surface area contributed by atoms with Crippen LogP contribution in [0.5, 0.6) is 5.75 Å². The smallest absolute Gasteiger partial charge is 0.131 e. The third-order valence-corrected chi connectivity index (χ3v) is 3.74. The average Bonchev–Trinajstić information content (AvgIpc) is 2.79. The molecule has 1 heterocycles. The number of hydrogen-bond acceptors (Lipinski definition) is 4. The van der Waals surface area contributed by atoms with Crippen LogP contribution in [0.2, 0.25) is 5.02 Å². The minimum Gasteiger partial charge on any atom is -0.487 e. The van der Waals surface area contributed by atoms with E-state index in [4.69, 9.17) is 21.5 Å². The van der Waals surface area contributed by atoms with Crippen molar-refractivity contribution in [1.29, 1.82) is 0 Å². The molecule has 0 fully saturated rings. The van der Waals surface area contributed by atoms with Gasteiger partial charge in [-0.2, -0.15) is 5.10 Å².